The number of halogens is 1. The first kappa shape index (κ1) is 12.2. The van der Waals surface area contributed by atoms with Crippen LogP contribution in [-0.2, 0) is 6.42 Å². The fourth-order valence-electron chi connectivity index (χ4n) is 1.30. The third kappa shape index (κ3) is 4.11. The maximum atomic E-state index is 3.57. The second-order valence-corrected chi connectivity index (χ2v) is 5.47. The van der Waals surface area contributed by atoms with Gasteiger partial charge in [-0.3, -0.25) is 0 Å². The zero-order chi connectivity index (χ0) is 10.4. The number of hydrogen-bond acceptors (Lipinski definition) is 2. The summed E-state index contributed by atoms with van der Waals surface area (Å²) in [5, 5.41) is 6.74. The Hall–Kier alpha value is 0.140. The Kier molecular flexibility index (Phi) is 5.75. The molecule has 0 fully saturated rings. The molecule has 0 bridgehead atoms. The Morgan fingerprint density at radius 3 is 2.79 bits per heavy atom. The van der Waals surface area contributed by atoms with E-state index in [0.717, 1.165) is 18.3 Å². The summed E-state index contributed by atoms with van der Waals surface area (Å²) in [6.07, 6.45) is 1.15. The van der Waals surface area contributed by atoms with Gasteiger partial charge >= 0.3 is 0 Å². The Balaban J connectivity index is 2.20. The minimum Gasteiger partial charge on any atom is -0.313 e. The third-order valence-corrected chi connectivity index (χ3v) is 3.96. The van der Waals surface area contributed by atoms with Gasteiger partial charge in [0.2, 0.25) is 0 Å². The van der Waals surface area contributed by atoms with Gasteiger partial charge in [0.1, 0.15) is 0 Å². The quantitative estimate of drug-likeness (QED) is 0.786. The van der Waals surface area contributed by atoms with Crippen LogP contribution >= 0.6 is 27.3 Å². The molecule has 0 saturated carbocycles. The molecular weight excluding hydrogens is 258 g/mol. The summed E-state index contributed by atoms with van der Waals surface area (Å²) in [7, 11) is 0. The molecule has 1 nitrogen and oxygen atoms in total. The third-order valence-electron chi connectivity index (χ3n) is 2.33. The standard InChI is InChI=1S/C11H18BrNS/c1-9(2)11(8-12)13-6-5-10-4-3-7-14-10/h3-4,7,9,11,13H,5-6,8H2,1-2H3. The van der Waals surface area contributed by atoms with Gasteiger partial charge in [-0.1, -0.05) is 35.8 Å². The Labute approximate surface area is 99.0 Å². The minimum atomic E-state index is 0.593. The lowest BCUT2D eigenvalue weighted by Crippen LogP contribution is -2.36. The molecule has 0 spiro atoms. The normalized spacial score (nSPS) is 13.4. The van der Waals surface area contributed by atoms with Crippen molar-refractivity contribution in [3.05, 3.63) is 22.4 Å². The molecule has 0 aromatic carbocycles. The Morgan fingerprint density at radius 2 is 2.29 bits per heavy atom. The average Bonchev–Trinajstić information content (AvgIpc) is 2.64. The summed E-state index contributed by atoms with van der Waals surface area (Å²) < 4.78 is 0. The van der Waals surface area contributed by atoms with Crippen molar-refractivity contribution in [2.24, 2.45) is 5.92 Å². The first-order valence-corrected chi connectivity index (χ1v) is 7.06. The summed E-state index contributed by atoms with van der Waals surface area (Å²) in [5.74, 6) is 0.692. The van der Waals surface area contributed by atoms with Crippen molar-refractivity contribution in [2.75, 3.05) is 11.9 Å². The van der Waals surface area contributed by atoms with Gasteiger partial charge in [-0.2, -0.15) is 0 Å². The number of hydrogen-bond donors (Lipinski definition) is 1. The van der Waals surface area contributed by atoms with Crippen molar-refractivity contribution in [1.82, 2.24) is 5.32 Å². The maximum Gasteiger partial charge on any atom is 0.0188 e. The van der Waals surface area contributed by atoms with Crippen molar-refractivity contribution in [3.8, 4) is 0 Å². The second kappa shape index (κ2) is 6.59. The number of rotatable bonds is 6. The molecule has 0 aliphatic heterocycles. The van der Waals surface area contributed by atoms with E-state index in [0.29, 0.717) is 12.0 Å². The van der Waals surface area contributed by atoms with Crippen LogP contribution in [0.4, 0.5) is 0 Å². The van der Waals surface area contributed by atoms with E-state index in [2.05, 4.69) is 52.6 Å². The van der Waals surface area contributed by atoms with Gasteiger partial charge in [0, 0.05) is 22.8 Å². The van der Waals surface area contributed by atoms with E-state index in [4.69, 9.17) is 0 Å². The molecule has 0 radical (unpaired) electrons. The van der Waals surface area contributed by atoms with Gasteiger partial charge < -0.3 is 5.32 Å². The lowest BCUT2D eigenvalue weighted by atomic mass is 10.1. The van der Waals surface area contributed by atoms with Crippen LogP contribution in [-0.4, -0.2) is 17.9 Å². The van der Waals surface area contributed by atoms with Crippen molar-refractivity contribution in [3.63, 3.8) is 0 Å². The van der Waals surface area contributed by atoms with Crippen LogP contribution in [0.1, 0.15) is 18.7 Å². The lowest BCUT2D eigenvalue weighted by Gasteiger charge is -2.19. The fourth-order valence-corrected chi connectivity index (χ4v) is 2.99. The van der Waals surface area contributed by atoms with Gasteiger partial charge in [0.15, 0.2) is 0 Å². The zero-order valence-corrected chi connectivity index (χ0v) is 11.2. The van der Waals surface area contributed by atoms with Gasteiger partial charge in [-0.25, -0.2) is 0 Å². The molecule has 1 rings (SSSR count). The molecule has 3 heteroatoms. The summed E-state index contributed by atoms with van der Waals surface area (Å²) in [6, 6.07) is 4.91. The summed E-state index contributed by atoms with van der Waals surface area (Å²) in [4.78, 5) is 1.47. The van der Waals surface area contributed by atoms with E-state index in [9.17, 15) is 0 Å². The van der Waals surface area contributed by atoms with Gasteiger partial charge in [-0.05, 0) is 23.8 Å². The summed E-state index contributed by atoms with van der Waals surface area (Å²) >= 11 is 5.37. The molecule has 0 aliphatic carbocycles. The Bertz CT molecular complexity index is 233. The highest BCUT2D eigenvalue weighted by atomic mass is 79.9. The molecule has 1 aromatic rings. The van der Waals surface area contributed by atoms with Crippen molar-refractivity contribution < 1.29 is 0 Å². The van der Waals surface area contributed by atoms with Crippen LogP contribution in [0.3, 0.4) is 0 Å². The van der Waals surface area contributed by atoms with Crippen LogP contribution in [0.25, 0.3) is 0 Å². The smallest absolute Gasteiger partial charge is 0.0188 e. The minimum absolute atomic E-state index is 0.593. The first-order valence-electron chi connectivity index (χ1n) is 5.05. The lowest BCUT2D eigenvalue weighted by molar-refractivity contribution is 0.438. The van der Waals surface area contributed by atoms with Crippen LogP contribution in [0, 0.1) is 5.92 Å². The van der Waals surface area contributed by atoms with Crippen LogP contribution in [0.15, 0.2) is 17.5 Å². The van der Waals surface area contributed by atoms with E-state index in [1.165, 1.54) is 4.88 Å². The molecule has 0 amide bonds. The predicted octanol–water partition coefficient (Wildman–Crippen LogP) is 3.30. The molecule has 80 valence electrons. The molecule has 1 atom stereocenters. The monoisotopic (exact) mass is 275 g/mol. The molecule has 1 heterocycles. The zero-order valence-electron chi connectivity index (χ0n) is 8.79. The van der Waals surface area contributed by atoms with Gasteiger partial charge in [0.25, 0.3) is 0 Å². The first-order chi connectivity index (χ1) is 6.74. The van der Waals surface area contributed by atoms with Gasteiger partial charge in [0.05, 0.1) is 0 Å². The van der Waals surface area contributed by atoms with E-state index in [-0.39, 0.29) is 0 Å². The number of nitrogens with one attached hydrogen (secondary N) is 1. The van der Waals surface area contributed by atoms with Crippen molar-refractivity contribution >= 4 is 27.3 Å². The SMILES string of the molecule is CC(C)C(CBr)NCCc1cccs1. The molecule has 1 unspecified atom stereocenters. The van der Waals surface area contributed by atoms with Gasteiger partial charge in [-0.15, -0.1) is 11.3 Å². The summed E-state index contributed by atoms with van der Waals surface area (Å²) in [6.45, 7) is 5.59. The highest BCUT2D eigenvalue weighted by Gasteiger charge is 2.09. The maximum absolute atomic E-state index is 3.57. The molecule has 0 aliphatic rings. The molecular formula is C11H18BrNS. The average molecular weight is 276 g/mol. The number of thiophene rings is 1. The van der Waals surface area contributed by atoms with Crippen LogP contribution < -0.4 is 5.32 Å². The van der Waals surface area contributed by atoms with E-state index < -0.39 is 0 Å². The molecule has 14 heavy (non-hydrogen) atoms. The van der Waals surface area contributed by atoms with Crippen LogP contribution in [0.5, 0.6) is 0 Å². The topological polar surface area (TPSA) is 12.0 Å². The molecule has 1 N–H and O–H groups in total. The van der Waals surface area contributed by atoms with Crippen molar-refractivity contribution in [1.29, 1.82) is 0 Å². The number of alkyl halides is 1. The van der Waals surface area contributed by atoms with E-state index in [1.807, 2.05) is 11.3 Å². The second-order valence-electron chi connectivity index (χ2n) is 3.79. The highest BCUT2D eigenvalue weighted by Crippen LogP contribution is 2.09. The molecule has 1 aromatic heterocycles. The molecule has 0 saturated heterocycles. The fraction of sp³-hybridized carbons (Fsp3) is 0.636. The van der Waals surface area contributed by atoms with Crippen molar-refractivity contribution in [2.45, 2.75) is 26.3 Å². The van der Waals surface area contributed by atoms with E-state index >= 15 is 0 Å². The predicted molar refractivity (Wildman–Crippen MR) is 68.4 cm³/mol. The van der Waals surface area contributed by atoms with E-state index in [1.54, 1.807) is 0 Å². The highest BCUT2D eigenvalue weighted by molar-refractivity contribution is 9.09. The Morgan fingerprint density at radius 1 is 1.50 bits per heavy atom. The summed E-state index contributed by atoms with van der Waals surface area (Å²) in [5.41, 5.74) is 0. The largest absolute Gasteiger partial charge is 0.313 e. The van der Waals surface area contributed by atoms with Crippen LogP contribution in [0.2, 0.25) is 0 Å².